The first kappa shape index (κ1) is 41.1. The molecule has 4 aliphatic carbocycles. The predicted octanol–water partition coefficient (Wildman–Crippen LogP) is 8.88. The van der Waals surface area contributed by atoms with E-state index in [1.165, 1.54) is 77.3 Å². The van der Waals surface area contributed by atoms with Gasteiger partial charge in [-0.2, -0.15) is 0 Å². The highest BCUT2D eigenvalue weighted by Crippen LogP contribution is 2.31. The fourth-order valence-corrected chi connectivity index (χ4v) is 6.41. The minimum absolute atomic E-state index is 0. The van der Waals surface area contributed by atoms with E-state index < -0.39 is 0 Å². The van der Waals surface area contributed by atoms with E-state index in [2.05, 4.69) is 27.8 Å². The zero-order valence-electron chi connectivity index (χ0n) is 31.2. The van der Waals surface area contributed by atoms with Crippen molar-refractivity contribution in [2.45, 2.75) is 84.0 Å². The molecule has 0 spiro atoms. The lowest BCUT2D eigenvalue weighted by molar-refractivity contribution is 0.0600. The zero-order valence-corrected chi connectivity index (χ0v) is 31.2. The minimum Gasteiger partial charge on any atom is -0.465 e. The van der Waals surface area contributed by atoms with Crippen molar-refractivity contribution in [2.24, 2.45) is 11.8 Å². The molecule has 1 aromatic carbocycles. The van der Waals surface area contributed by atoms with Crippen LogP contribution in [0.3, 0.4) is 0 Å². The second kappa shape index (κ2) is 25.6. The molecule has 6 nitrogen and oxygen atoms in total. The van der Waals surface area contributed by atoms with Crippen LogP contribution in [0.5, 0.6) is 0 Å². The maximum absolute atomic E-state index is 11.6. The summed E-state index contributed by atoms with van der Waals surface area (Å²) in [5.74, 6) is 2.00. The van der Waals surface area contributed by atoms with Crippen LogP contribution >= 0.6 is 0 Å². The first-order valence-corrected chi connectivity index (χ1v) is 19.1. The van der Waals surface area contributed by atoms with Crippen LogP contribution in [0.4, 0.5) is 0 Å². The van der Waals surface area contributed by atoms with Crippen molar-refractivity contribution in [3.63, 3.8) is 0 Å². The normalized spacial score (nSPS) is 26.4. The number of benzene rings is 1. The van der Waals surface area contributed by atoms with Gasteiger partial charge in [-0.25, -0.2) is 4.79 Å². The monoisotopic (exact) mass is 683 g/mol. The van der Waals surface area contributed by atoms with Crippen LogP contribution in [-0.4, -0.2) is 63.0 Å². The number of carbonyl (C=O) groups is 1. The lowest BCUT2D eigenvalue weighted by Crippen LogP contribution is -2.61. The average Bonchev–Trinajstić information content (AvgIpc) is 4.01. The minimum atomic E-state index is -0.281. The summed E-state index contributed by atoms with van der Waals surface area (Å²) in [6, 6.07) is 8.41. The summed E-state index contributed by atoms with van der Waals surface area (Å²) >= 11 is 0. The lowest BCUT2D eigenvalue weighted by Gasteiger charge is -2.38. The molecule has 6 heteroatoms. The van der Waals surface area contributed by atoms with Gasteiger partial charge in [0.15, 0.2) is 0 Å². The number of nitrogens with one attached hydrogen (secondary N) is 3. The molecule has 0 unspecified atom stereocenters. The first-order valence-electron chi connectivity index (χ1n) is 19.1. The van der Waals surface area contributed by atoms with Crippen molar-refractivity contribution in [1.29, 1.82) is 0 Å². The summed E-state index contributed by atoms with van der Waals surface area (Å²) in [4.78, 5) is 14.4. The number of nitrogens with zero attached hydrogens (tertiary/aromatic N) is 1. The number of methoxy groups -OCH3 is 1. The van der Waals surface area contributed by atoms with Gasteiger partial charge < -0.3 is 9.64 Å². The largest absolute Gasteiger partial charge is 0.465 e. The standard InChI is InChI=1S/C26H42N4O2.C9H9.C7H7.C2H6.H2/c1-3-14-30(17-19-4-5-19)18-20-6-12-24(13-7-20)29-26-27-15-23(16-28-26)21-8-10-22(11-9-21)25(31)32-2;1-2-4-6-8-9-7-5-3-1;1-2-4-6-7-5-3-1;1-2;/h8-11,19-20,23-24,26-29H,3-7,12-18H2,1-2H3;1-9H;1-7H;1-2H3;1H/b;2-1-,5-3-,6-4-,9-7-;;;. The number of carbonyl (C=O) groups excluding carboxylic acids is 1. The molecule has 5 aliphatic rings. The van der Waals surface area contributed by atoms with Gasteiger partial charge in [0.2, 0.25) is 0 Å². The highest BCUT2D eigenvalue weighted by atomic mass is 16.5. The van der Waals surface area contributed by atoms with Gasteiger partial charge in [-0.15, -0.1) is 0 Å². The summed E-state index contributed by atoms with van der Waals surface area (Å²) in [5, 5.41) is 11.1. The van der Waals surface area contributed by atoms with Crippen molar-refractivity contribution < 1.29 is 11.0 Å². The molecule has 3 N–H and O–H groups in total. The molecular formula is C44H66N4O2. The summed E-state index contributed by atoms with van der Waals surface area (Å²) in [6.07, 6.45) is 41.6. The molecule has 1 aliphatic heterocycles. The Morgan fingerprint density at radius 3 is 1.58 bits per heavy atom. The smallest absolute Gasteiger partial charge is 0.337 e. The summed E-state index contributed by atoms with van der Waals surface area (Å²) in [6.45, 7) is 12.1. The van der Waals surface area contributed by atoms with Crippen LogP contribution in [-0.2, 0) is 4.74 Å². The molecular weight excluding hydrogens is 617 g/mol. The van der Waals surface area contributed by atoms with E-state index >= 15 is 0 Å². The van der Waals surface area contributed by atoms with Gasteiger partial charge in [-0.05, 0) is 81.0 Å². The van der Waals surface area contributed by atoms with E-state index in [0.29, 0.717) is 17.5 Å². The maximum Gasteiger partial charge on any atom is 0.337 e. The molecule has 274 valence electrons. The molecule has 0 aromatic heterocycles. The highest BCUT2D eigenvalue weighted by Gasteiger charge is 2.29. The zero-order chi connectivity index (χ0) is 35.7. The lowest BCUT2D eigenvalue weighted by atomic mass is 9.85. The van der Waals surface area contributed by atoms with E-state index in [1.54, 1.807) is 0 Å². The van der Waals surface area contributed by atoms with Gasteiger partial charge in [0, 0.05) is 52.4 Å². The van der Waals surface area contributed by atoms with Crippen molar-refractivity contribution in [3.8, 4) is 0 Å². The number of hydrogen-bond acceptors (Lipinski definition) is 6. The Balaban J connectivity index is 0.000000388. The van der Waals surface area contributed by atoms with E-state index in [9.17, 15) is 4.79 Å². The Morgan fingerprint density at radius 2 is 1.16 bits per heavy atom. The second-order valence-electron chi connectivity index (χ2n) is 13.2. The van der Waals surface area contributed by atoms with E-state index in [1.807, 2.05) is 136 Å². The molecule has 2 radical (unpaired) electrons. The molecule has 3 fully saturated rings. The van der Waals surface area contributed by atoms with Crippen molar-refractivity contribution >= 4 is 5.97 Å². The molecule has 50 heavy (non-hydrogen) atoms. The third-order valence-electron chi connectivity index (χ3n) is 9.24. The van der Waals surface area contributed by atoms with E-state index in [0.717, 1.165) is 24.9 Å². The Morgan fingerprint density at radius 1 is 0.720 bits per heavy atom. The first-order chi connectivity index (χ1) is 24.6. The number of ether oxygens (including phenoxy) is 1. The van der Waals surface area contributed by atoms with Crippen LogP contribution in [0.2, 0.25) is 0 Å². The van der Waals surface area contributed by atoms with Gasteiger partial charge in [0.1, 0.15) is 6.29 Å². The molecule has 1 heterocycles. The van der Waals surface area contributed by atoms with Crippen LogP contribution in [0.1, 0.15) is 89.0 Å². The van der Waals surface area contributed by atoms with Crippen LogP contribution < -0.4 is 16.0 Å². The van der Waals surface area contributed by atoms with Crippen LogP contribution in [0, 0.1) is 24.7 Å². The Kier molecular flexibility index (Phi) is 21.1. The van der Waals surface area contributed by atoms with Crippen LogP contribution in [0.25, 0.3) is 0 Å². The third kappa shape index (κ3) is 17.1. The molecule has 0 atom stereocenters. The average molecular weight is 683 g/mol. The summed E-state index contributed by atoms with van der Waals surface area (Å²) in [5.41, 5.74) is 1.85. The quantitative estimate of drug-likeness (QED) is 0.214. The Hall–Kier alpha value is -3.29. The van der Waals surface area contributed by atoms with Gasteiger partial charge in [-0.1, -0.05) is 118 Å². The maximum atomic E-state index is 11.6. The van der Waals surface area contributed by atoms with Gasteiger partial charge in [0.05, 0.1) is 12.7 Å². The van der Waals surface area contributed by atoms with E-state index in [4.69, 9.17) is 4.74 Å². The highest BCUT2D eigenvalue weighted by molar-refractivity contribution is 5.89. The predicted molar refractivity (Wildman–Crippen MR) is 215 cm³/mol. The molecule has 1 saturated heterocycles. The molecule has 0 amide bonds. The van der Waals surface area contributed by atoms with Crippen molar-refractivity contribution in [3.05, 3.63) is 133 Å². The second-order valence-corrected chi connectivity index (χ2v) is 13.2. The third-order valence-corrected chi connectivity index (χ3v) is 9.24. The molecule has 0 bridgehead atoms. The Labute approximate surface area is 306 Å². The molecule has 1 aromatic rings. The number of esters is 1. The summed E-state index contributed by atoms with van der Waals surface area (Å²) in [7, 11) is 1.42. The number of hydrogen-bond donors (Lipinski definition) is 3. The fraction of sp³-hybridized carbons (Fsp3) is 0.477. The van der Waals surface area contributed by atoms with Crippen molar-refractivity contribution in [2.75, 3.05) is 39.8 Å². The van der Waals surface area contributed by atoms with Crippen LogP contribution in [0.15, 0.2) is 109 Å². The SMILES string of the molecule is CC.CCCN(CC1CC1)CC1CCC(NC2NCC(c3ccc(C(=O)OC)cc3)CN2)CC1.[CH]1C=CC=CC=C1.[CH]1\C=C/C=C\C=C/C=C\1.[HH]. The molecule has 6 rings (SSSR count). The van der Waals surface area contributed by atoms with Gasteiger partial charge in [-0.3, -0.25) is 16.0 Å². The van der Waals surface area contributed by atoms with Gasteiger partial charge in [0.25, 0.3) is 0 Å². The molecule has 2 saturated carbocycles. The van der Waals surface area contributed by atoms with Crippen molar-refractivity contribution in [1.82, 2.24) is 20.9 Å². The van der Waals surface area contributed by atoms with Gasteiger partial charge >= 0.3 is 5.97 Å². The fourth-order valence-electron chi connectivity index (χ4n) is 6.41. The number of allylic oxidation sites excluding steroid dienone is 14. The van der Waals surface area contributed by atoms with E-state index in [-0.39, 0.29) is 13.7 Å². The number of rotatable bonds is 10. The summed E-state index contributed by atoms with van der Waals surface area (Å²) < 4.78 is 4.79. The topological polar surface area (TPSA) is 65.6 Å². The Bertz CT molecular complexity index is 1230.